The molecule has 7 nitrogen and oxygen atoms in total. The van der Waals surface area contributed by atoms with E-state index < -0.39 is 24.5 Å². The third-order valence-corrected chi connectivity index (χ3v) is 2.91. The molecule has 0 bridgehead atoms. The lowest BCUT2D eigenvalue weighted by molar-refractivity contribution is -0.130. The first-order valence-corrected chi connectivity index (χ1v) is 6.89. The van der Waals surface area contributed by atoms with Crippen LogP contribution >= 0.6 is 0 Å². The Bertz CT molecular complexity index is 571. The standard InChI is InChI=1S/C15H20N2O5/c1-4-16-14(20)10(3)17-12(18)8-22-15(21)11-7-5-6-9(2)13(11)19/h5-7,10,19H,4,8H2,1-3H3,(H,16,20)(H,17,18)/t10-/m1/s1. The highest BCUT2D eigenvalue weighted by atomic mass is 16.5. The number of phenols is 1. The molecule has 0 aromatic heterocycles. The van der Waals surface area contributed by atoms with Crippen LogP contribution in [0, 0.1) is 6.92 Å². The third kappa shape index (κ3) is 4.76. The predicted molar refractivity (Wildman–Crippen MR) is 79.4 cm³/mol. The summed E-state index contributed by atoms with van der Waals surface area (Å²) in [6.07, 6.45) is 0. The van der Waals surface area contributed by atoms with E-state index in [1.807, 2.05) is 0 Å². The molecule has 0 saturated carbocycles. The normalized spacial score (nSPS) is 11.4. The number of aryl methyl sites for hydroxylation is 1. The van der Waals surface area contributed by atoms with Crippen LogP contribution in [0.25, 0.3) is 0 Å². The number of hydrogen-bond donors (Lipinski definition) is 3. The molecule has 0 spiro atoms. The molecule has 0 aliphatic heterocycles. The number of carbonyl (C=O) groups excluding carboxylic acids is 3. The molecule has 1 rings (SSSR count). The molecule has 0 aliphatic rings. The van der Waals surface area contributed by atoms with E-state index in [0.29, 0.717) is 12.1 Å². The lowest BCUT2D eigenvalue weighted by Crippen LogP contribution is -2.46. The minimum Gasteiger partial charge on any atom is -0.507 e. The SMILES string of the molecule is CCNC(=O)[C@@H](C)NC(=O)COC(=O)c1cccc(C)c1O. The van der Waals surface area contributed by atoms with Crippen LogP contribution in [0.5, 0.6) is 5.75 Å². The molecule has 0 fully saturated rings. The van der Waals surface area contributed by atoms with E-state index in [9.17, 15) is 19.5 Å². The number of likely N-dealkylation sites (N-methyl/N-ethyl adjacent to an activating group) is 1. The van der Waals surface area contributed by atoms with E-state index in [0.717, 1.165) is 0 Å². The molecule has 0 saturated heterocycles. The molecule has 0 aliphatic carbocycles. The largest absolute Gasteiger partial charge is 0.507 e. The Morgan fingerprint density at radius 3 is 2.64 bits per heavy atom. The Labute approximate surface area is 128 Å². The molecule has 0 radical (unpaired) electrons. The van der Waals surface area contributed by atoms with Crippen LogP contribution in [0.2, 0.25) is 0 Å². The number of aromatic hydroxyl groups is 1. The number of nitrogens with one attached hydrogen (secondary N) is 2. The van der Waals surface area contributed by atoms with Crippen LogP contribution in [0.3, 0.4) is 0 Å². The lowest BCUT2D eigenvalue weighted by Gasteiger charge is -2.13. The molecule has 22 heavy (non-hydrogen) atoms. The van der Waals surface area contributed by atoms with Gasteiger partial charge >= 0.3 is 5.97 Å². The second-order valence-corrected chi connectivity index (χ2v) is 4.73. The molecule has 3 N–H and O–H groups in total. The van der Waals surface area contributed by atoms with Gasteiger partial charge in [-0.1, -0.05) is 12.1 Å². The van der Waals surface area contributed by atoms with Gasteiger partial charge in [-0.15, -0.1) is 0 Å². The first-order chi connectivity index (χ1) is 10.4. The quantitative estimate of drug-likeness (QED) is 0.664. The summed E-state index contributed by atoms with van der Waals surface area (Å²) in [5.74, 6) is -1.90. The summed E-state index contributed by atoms with van der Waals surface area (Å²) in [6.45, 7) is 4.86. The topological polar surface area (TPSA) is 105 Å². The molecule has 1 aromatic carbocycles. The zero-order chi connectivity index (χ0) is 16.7. The number of rotatable bonds is 6. The zero-order valence-corrected chi connectivity index (χ0v) is 12.8. The van der Waals surface area contributed by atoms with Gasteiger partial charge < -0.3 is 20.5 Å². The number of esters is 1. The Kier molecular flexibility index (Phi) is 6.37. The second-order valence-electron chi connectivity index (χ2n) is 4.73. The monoisotopic (exact) mass is 308 g/mol. The number of carbonyl (C=O) groups is 3. The predicted octanol–water partition coefficient (Wildman–Crippen LogP) is 0.498. The van der Waals surface area contributed by atoms with E-state index >= 15 is 0 Å². The maximum absolute atomic E-state index is 11.8. The van der Waals surface area contributed by atoms with E-state index in [4.69, 9.17) is 4.74 Å². The Balaban J connectivity index is 2.52. The van der Waals surface area contributed by atoms with Gasteiger partial charge in [0.05, 0.1) is 0 Å². The summed E-state index contributed by atoms with van der Waals surface area (Å²) in [5, 5.41) is 14.7. The first kappa shape index (κ1) is 17.5. The van der Waals surface area contributed by atoms with Crippen molar-refractivity contribution < 1.29 is 24.2 Å². The Morgan fingerprint density at radius 1 is 1.32 bits per heavy atom. The summed E-state index contributed by atoms with van der Waals surface area (Å²) < 4.78 is 4.82. The minimum atomic E-state index is -0.804. The van der Waals surface area contributed by atoms with Crippen molar-refractivity contribution >= 4 is 17.8 Å². The highest BCUT2D eigenvalue weighted by Gasteiger charge is 2.18. The van der Waals surface area contributed by atoms with Gasteiger partial charge in [-0.05, 0) is 32.4 Å². The number of hydrogen-bond acceptors (Lipinski definition) is 5. The van der Waals surface area contributed by atoms with Gasteiger partial charge in [0.15, 0.2) is 6.61 Å². The van der Waals surface area contributed by atoms with Crippen molar-refractivity contribution in [3.05, 3.63) is 29.3 Å². The molecule has 120 valence electrons. The fourth-order valence-corrected chi connectivity index (χ4v) is 1.71. The van der Waals surface area contributed by atoms with Gasteiger partial charge in [0.25, 0.3) is 5.91 Å². The average molecular weight is 308 g/mol. The van der Waals surface area contributed by atoms with Gasteiger partial charge in [-0.25, -0.2) is 4.79 Å². The number of amides is 2. The van der Waals surface area contributed by atoms with Crippen molar-refractivity contribution in [2.75, 3.05) is 13.2 Å². The molecule has 7 heteroatoms. The van der Waals surface area contributed by atoms with E-state index in [1.54, 1.807) is 26.0 Å². The Hall–Kier alpha value is -2.57. The second kappa shape index (κ2) is 8.02. The molecular formula is C15H20N2O5. The average Bonchev–Trinajstić information content (AvgIpc) is 2.47. The van der Waals surface area contributed by atoms with Crippen molar-refractivity contribution in [2.24, 2.45) is 0 Å². The van der Waals surface area contributed by atoms with Crippen LogP contribution in [0.15, 0.2) is 18.2 Å². The highest BCUT2D eigenvalue weighted by molar-refractivity contribution is 5.94. The smallest absolute Gasteiger partial charge is 0.342 e. The minimum absolute atomic E-state index is 0.00965. The van der Waals surface area contributed by atoms with E-state index in [1.165, 1.54) is 13.0 Å². The van der Waals surface area contributed by atoms with E-state index in [-0.39, 0.29) is 17.2 Å². The van der Waals surface area contributed by atoms with E-state index in [2.05, 4.69) is 10.6 Å². The zero-order valence-electron chi connectivity index (χ0n) is 12.8. The van der Waals surface area contributed by atoms with Crippen LogP contribution in [0.4, 0.5) is 0 Å². The molecule has 1 aromatic rings. The van der Waals surface area contributed by atoms with Gasteiger partial charge in [-0.2, -0.15) is 0 Å². The van der Waals surface area contributed by atoms with Crippen LogP contribution in [0.1, 0.15) is 29.8 Å². The highest BCUT2D eigenvalue weighted by Crippen LogP contribution is 2.21. The van der Waals surface area contributed by atoms with Crippen LogP contribution in [-0.2, 0) is 14.3 Å². The third-order valence-electron chi connectivity index (χ3n) is 2.91. The Morgan fingerprint density at radius 2 is 2.00 bits per heavy atom. The molecular weight excluding hydrogens is 288 g/mol. The fourth-order valence-electron chi connectivity index (χ4n) is 1.71. The summed E-state index contributed by atoms with van der Waals surface area (Å²) in [4.78, 5) is 34.9. The number of para-hydroxylation sites is 1. The maximum Gasteiger partial charge on any atom is 0.342 e. The fraction of sp³-hybridized carbons (Fsp3) is 0.400. The van der Waals surface area contributed by atoms with Crippen LogP contribution in [-0.4, -0.2) is 42.1 Å². The molecule has 2 amide bonds. The maximum atomic E-state index is 11.8. The number of phenolic OH excluding ortho intramolecular Hbond substituents is 1. The van der Waals surface area contributed by atoms with Crippen molar-refractivity contribution in [1.82, 2.24) is 10.6 Å². The summed E-state index contributed by atoms with van der Waals surface area (Å²) in [6, 6.07) is 3.92. The van der Waals surface area contributed by atoms with Crippen molar-refractivity contribution in [3.8, 4) is 5.75 Å². The first-order valence-electron chi connectivity index (χ1n) is 6.89. The van der Waals surface area contributed by atoms with Gasteiger partial charge in [-0.3, -0.25) is 9.59 Å². The van der Waals surface area contributed by atoms with Crippen molar-refractivity contribution in [2.45, 2.75) is 26.8 Å². The molecule has 1 atom stereocenters. The number of benzene rings is 1. The van der Waals surface area contributed by atoms with Gasteiger partial charge in [0.1, 0.15) is 17.4 Å². The van der Waals surface area contributed by atoms with Crippen molar-refractivity contribution in [3.63, 3.8) is 0 Å². The van der Waals surface area contributed by atoms with Gasteiger partial charge in [0, 0.05) is 6.54 Å². The molecule has 0 unspecified atom stereocenters. The lowest BCUT2D eigenvalue weighted by atomic mass is 10.1. The molecule has 0 heterocycles. The number of ether oxygens (including phenoxy) is 1. The van der Waals surface area contributed by atoms with Gasteiger partial charge in [0.2, 0.25) is 5.91 Å². The summed E-state index contributed by atoms with van der Waals surface area (Å²) >= 11 is 0. The van der Waals surface area contributed by atoms with Crippen molar-refractivity contribution in [1.29, 1.82) is 0 Å². The van der Waals surface area contributed by atoms with Crippen LogP contribution < -0.4 is 10.6 Å². The summed E-state index contributed by atoms with van der Waals surface area (Å²) in [5.41, 5.74) is 0.522. The summed E-state index contributed by atoms with van der Waals surface area (Å²) in [7, 11) is 0.